The van der Waals surface area contributed by atoms with E-state index in [1.807, 2.05) is 4.90 Å². The summed E-state index contributed by atoms with van der Waals surface area (Å²) in [4.78, 5) is 14.7. The van der Waals surface area contributed by atoms with Gasteiger partial charge in [-0.1, -0.05) is 11.6 Å². The fraction of sp³-hybridized carbons (Fsp3) is 0.500. The molecule has 1 aromatic rings. The Morgan fingerprint density at radius 1 is 1.62 bits per heavy atom. The largest absolute Gasteiger partial charge is 0.333 e. The molecule has 1 atom stereocenters. The summed E-state index contributed by atoms with van der Waals surface area (Å²) in [7, 11) is 0. The van der Waals surface area contributed by atoms with Crippen molar-refractivity contribution in [3.8, 4) is 0 Å². The number of halogens is 2. The molecule has 0 aliphatic carbocycles. The van der Waals surface area contributed by atoms with E-state index in [0.717, 1.165) is 24.5 Å². The van der Waals surface area contributed by atoms with E-state index < -0.39 is 0 Å². The van der Waals surface area contributed by atoms with E-state index >= 15 is 0 Å². The molecule has 1 aliphatic heterocycles. The van der Waals surface area contributed by atoms with Crippen LogP contribution in [0.1, 0.15) is 16.6 Å². The Hall–Kier alpha value is -0.290. The molecule has 0 radical (unpaired) electrons. The smallest absolute Gasteiger partial charge is 0.264 e. The van der Waals surface area contributed by atoms with Crippen LogP contribution in [-0.2, 0) is 0 Å². The molecule has 1 saturated heterocycles. The summed E-state index contributed by atoms with van der Waals surface area (Å²) in [6, 6.07) is 3.82. The van der Waals surface area contributed by atoms with E-state index in [0.29, 0.717) is 4.34 Å². The number of nitrogens with one attached hydrogen (secondary N) is 1. The molecule has 1 fully saturated rings. The van der Waals surface area contributed by atoms with Crippen LogP contribution in [0.2, 0.25) is 4.34 Å². The third kappa shape index (κ3) is 2.88. The number of carbonyl (C=O) groups is 1. The number of hydrogen-bond acceptors (Lipinski definition) is 3. The molecule has 0 aromatic carbocycles. The van der Waals surface area contributed by atoms with Gasteiger partial charge in [0.1, 0.15) is 0 Å². The molecule has 0 unspecified atom stereocenters. The zero-order valence-corrected chi connectivity index (χ0v) is 11.3. The maximum absolute atomic E-state index is 12.1. The lowest BCUT2D eigenvalue weighted by molar-refractivity contribution is 0.0661. The van der Waals surface area contributed by atoms with Gasteiger partial charge in [0, 0.05) is 25.7 Å². The maximum Gasteiger partial charge on any atom is 0.264 e. The quantitative estimate of drug-likeness (QED) is 0.856. The molecular formula is C10H14Cl2N2OS. The van der Waals surface area contributed by atoms with E-state index in [4.69, 9.17) is 11.6 Å². The van der Waals surface area contributed by atoms with Gasteiger partial charge in [0.05, 0.1) is 9.21 Å². The Morgan fingerprint density at radius 3 is 2.94 bits per heavy atom. The summed E-state index contributed by atoms with van der Waals surface area (Å²) in [6.07, 6.45) is 0. The summed E-state index contributed by atoms with van der Waals surface area (Å²) in [6.45, 7) is 4.56. The van der Waals surface area contributed by atoms with E-state index in [2.05, 4.69) is 12.2 Å². The van der Waals surface area contributed by atoms with Crippen molar-refractivity contribution in [2.24, 2.45) is 0 Å². The molecule has 1 aliphatic rings. The van der Waals surface area contributed by atoms with Crippen LogP contribution in [0.4, 0.5) is 0 Å². The molecule has 1 N–H and O–H groups in total. The molecule has 0 spiro atoms. The van der Waals surface area contributed by atoms with Crippen LogP contribution >= 0.6 is 35.3 Å². The number of carbonyl (C=O) groups excluding carboxylic acids is 1. The van der Waals surface area contributed by atoms with E-state index in [9.17, 15) is 4.79 Å². The predicted octanol–water partition coefficient (Wildman–Crippen LogP) is 2.26. The van der Waals surface area contributed by atoms with Crippen LogP contribution in [0, 0.1) is 0 Å². The Labute approximate surface area is 110 Å². The zero-order chi connectivity index (χ0) is 10.8. The van der Waals surface area contributed by atoms with Gasteiger partial charge in [-0.3, -0.25) is 4.79 Å². The van der Waals surface area contributed by atoms with Crippen molar-refractivity contribution < 1.29 is 4.79 Å². The van der Waals surface area contributed by atoms with Gasteiger partial charge in [-0.15, -0.1) is 23.7 Å². The second-order valence-corrected chi connectivity index (χ2v) is 5.37. The lowest BCUT2D eigenvalue weighted by Crippen LogP contribution is -2.52. The van der Waals surface area contributed by atoms with Gasteiger partial charge in [-0.25, -0.2) is 0 Å². The first-order valence-electron chi connectivity index (χ1n) is 4.95. The fourth-order valence-electron chi connectivity index (χ4n) is 1.71. The second kappa shape index (κ2) is 5.87. The topological polar surface area (TPSA) is 32.3 Å². The number of rotatable bonds is 1. The van der Waals surface area contributed by atoms with Gasteiger partial charge in [-0.2, -0.15) is 0 Å². The van der Waals surface area contributed by atoms with Gasteiger partial charge >= 0.3 is 0 Å². The van der Waals surface area contributed by atoms with E-state index in [1.165, 1.54) is 11.3 Å². The molecule has 0 bridgehead atoms. The van der Waals surface area contributed by atoms with Crippen LogP contribution in [0.3, 0.4) is 0 Å². The molecule has 2 heterocycles. The highest BCUT2D eigenvalue weighted by Crippen LogP contribution is 2.23. The molecule has 2 rings (SSSR count). The SMILES string of the molecule is C[C@@H]1CNCCN1C(=O)c1ccc(Cl)s1.Cl. The second-order valence-electron chi connectivity index (χ2n) is 3.66. The Bertz CT molecular complexity index is 369. The summed E-state index contributed by atoms with van der Waals surface area (Å²) in [5, 5.41) is 3.26. The average molecular weight is 281 g/mol. The minimum atomic E-state index is 0. The lowest BCUT2D eigenvalue weighted by Gasteiger charge is -2.33. The van der Waals surface area contributed by atoms with Crippen molar-refractivity contribution >= 4 is 41.3 Å². The third-order valence-electron chi connectivity index (χ3n) is 2.55. The van der Waals surface area contributed by atoms with Gasteiger partial charge in [0.2, 0.25) is 0 Å². The lowest BCUT2D eigenvalue weighted by atomic mass is 10.2. The van der Waals surface area contributed by atoms with Gasteiger partial charge in [-0.05, 0) is 19.1 Å². The Kier molecular flexibility index (Phi) is 5.05. The minimum Gasteiger partial charge on any atom is -0.333 e. The summed E-state index contributed by atoms with van der Waals surface area (Å²) < 4.78 is 0.668. The van der Waals surface area contributed by atoms with Crippen LogP contribution in [-0.4, -0.2) is 36.5 Å². The van der Waals surface area contributed by atoms with Crippen molar-refractivity contribution in [3.05, 3.63) is 21.3 Å². The number of thiophene rings is 1. The average Bonchev–Trinajstić information content (AvgIpc) is 2.65. The number of hydrogen-bond donors (Lipinski definition) is 1. The summed E-state index contributed by atoms with van der Waals surface area (Å²) >= 11 is 7.16. The van der Waals surface area contributed by atoms with Crippen molar-refractivity contribution in [3.63, 3.8) is 0 Å². The number of amides is 1. The molecule has 16 heavy (non-hydrogen) atoms. The summed E-state index contributed by atoms with van der Waals surface area (Å²) in [5.74, 6) is 0.0981. The van der Waals surface area contributed by atoms with Crippen LogP contribution in [0.5, 0.6) is 0 Å². The molecule has 3 nitrogen and oxygen atoms in total. The molecular weight excluding hydrogens is 267 g/mol. The maximum atomic E-state index is 12.1. The highest BCUT2D eigenvalue weighted by Gasteiger charge is 2.24. The summed E-state index contributed by atoms with van der Waals surface area (Å²) in [5.41, 5.74) is 0. The molecule has 90 valence electrons. The van der Waals surface area contributed by atoms with E-state index in [-0.39, 0.29) is 24.4 Å². The van der Waals surface area contributed by atoms with Crippen molar-refractivity contribution in [2.75, 3.05) is 19.6 Å². The zero-order valence-electron chi connectivity index (χ0n) is 8.90. The molecule has 1 aromatic heterocycles. The van der Waals surface area contributed by atoms with Crippen molar-refractivity contribution in [1.29, 1.82) is 0 Å². The van der Waals surface area contributed by atoms with E-state index in [1.54, 1.807) is 12.1 Å². The van der Waals surface area contributed by atoms with Crippen LogP contribution in [0.15, 0.2) is 12.1 Å². The molecule has 1 amide bonds. The fourth-order valence-corrected chi connectivity index (χ4v) is 2.71. The van der Waals surface area contributed by atoms with Crippen molar-refractivity contribution in [1.82, 2.24) is 10.2 Å². The number of nitrogens with zero attached hydrogens (tertiary/aromatic N) is 1. The third-order valence-corrected chi connectivity index (χ3v) is 3.77. The first-order valence-corrected chi connectivity index (χ1v) is 6.15. The van der Waals surface area contributed by atoms with Crippen LogP contribution in [0.25, 0.3) is 0 Å². The first-order chi connectivity index (χ1) is 7.18. The molecule has 0 saturated carbocycles. The monoisotopic (exact) mass is 280 g/mol. The minimum absolute atomic E-state index is 0. The van der Waals surface area contributed by atoms with Gasteiger partial charge in [0.25, 0.3) is 5.91 Å². The normalized spacial score (nSPS) is 20.4. The molecule has 6 heteroatoms. The predicted molar refractivity (Wildman–Crippen MR) is 69.9 cm³/mol. The van der Waals surface area contributed by atoms with Crippen LogP contribution < -0.4 is 5.32 Å². The van der Waals surface area contributed by atoms with Gasteiger partial charge in [0.15, 0.2) is 0 Å². The number of piperazine rings is 1. The van der Waals surface area contributed by atoms with Crippen molar-refractivity contribution in [2.45, 2.75) is 13.0 Å². The highest BCUT2D eigenvalue weighted by atomic mass is 35.5. The Morgan fingerprint density at radius 2 is 2.38 bits per heavy atom. The van der Waals surface area contributed by atoms with Gasteiger partial charge < -0.3 is 10.2 Å². The first kappa shape index (κ1) is 13.8. The Balaban J connectivity index is 0.00000128. The standard InChI is InChI=1S/C10H13ClN2OS.ClH/c1-7-6-12-4-5-13(7)10(14)8-2-3-9(11)15-8;/h2-3,7,12H,4-6H2,1H3;1H/t7-;/m1./s1. The highest BCUT2D eigenvalue weighted by molar-refractivity contribution is 7.17.